The van der Waals surface area contributed by atoms with Crippen molar-refractivity contribution in [3.05, 3.63) is 101 Å². The van der Waals surface area contributed by atoms with Crippen LogP contribution in [0.15, 0.2) is 77.7 Å². The van der Waals surface area contributed by atoms with Crippen molar-refractivity contribution >= 4 is 17.8 Å². The minimum atomic E-state index is -4.75. The van der Waals surface area contributed by atoms with E-state index in [4.69, 9.17) is 0 Å². The van der Waals surface area contributed by atoms with Gasteiger partial charge in [0.05, 0.1) is 11.1 Å². The second-order valence-electron chi connectivity index (χ2n) is 9.10. The van der Waals surface area contributed by atoms with Gasteiger partial charge in [-0.3, -0.25) is 0 Å². The number of carbonyl (C=O) groups is 1. The molecule has 0 bridgehead atoms. The van der Waals surface area contributed by atoms with Crippen LogP contribution >= 0.6 is 11.8 Å². The lowest BCUT2D eigenvalue weighted by Crippen LogP contribution is -2.53. The normalized spacial score (nSPS) is 15.9. The maximum absolute atomic E-state index is 14.7. The highest BCUT2D eigenvalue weighted by molar-refractivity contribution is 7.98. The first-order chi connectivity index (χ1) is 17.2. The van der Waals surface area contributed by atoms with Gasteiger partial charge >= 0.3 is 12.2 Å². The number of hydrogen-bond donors (Lipinski definition) is 2. The van der Waals surface area contributed by atoms with Crippen molar-refractivity contribution in [2.45, 2.75) is 54.8 Å². The van der Waals surface area contributed by atoms with Crippen LogP contribution in [-0.2, 0) is 18.1 Å². The number of halogens is 4. The fourth-order valence-corrected chi connectivity index (χ4v) is 5.23. The summed E-state index contributed by atoms with van der Waals surface area (Å²) in [6.45, 7) is 0. The van der Waals surface area contributed by atoms with Crippen LogP contribution in [-0.4, -0.2) is 18.3 Å². The Hall–Kier alpha value is -3.00. The molecule has 1 atom stereocenters. The van der Waals surface area contributed by atoms with Gasteiger partial charge in [0.15, 0.2) is 0 Å². The third-order valence-electron chi connectivity index (χ3n) is 6.63. The lowest BCUT2D eigenvalue weighted by Gasteiger charge is -2.37. The van der Waals surface area contributed by atoms with E-state index < -0.39 is 29.1 Å². The Morgan fingerprint density at radius 2 is 1.56 bits per heavy atom. The first-order valence-electron chi connectivity index (χ1n) is 11.8. The van der Waals surface area contributed by atoms with Gasteiger partial charge in [0, 0.05) is 17.4 Å². The molecule has 2 N–H and O–H groups in total. The number of amides is 2. The predicted octanol–water partition coefficient (Wildman–Crippen LogP) is 7.29. The number of rotatable bonds is 7. The molecule has 4 rings (SSSR count). The van der Waals surface area contributed by atoms with Gasteiger partial charge in [-0.25, -0.2) is 9.18 Å². The van der Waals surface area contributed by atoms with Crippen LogP contribution in [0.1, 0.15) is 47.9 Å². The van der Waals surface area contributed by atoms with Crippen LogP contribution < -0.4 is 10.6 Å². The Morgan fingerprint density at radius 3 is 2.17 bits per heavy atom. The Bertz CT molecular complexity index is 1180. The molecule has 1 fully saturated rings. The highest BCUT2D eigenvalue weighted by Gasteiger charge is 2.40. The van der Waals surface area contributed by atoms with E-state index in [0.29, 0.717) is 11.6 Å². The Labute approximate surface area is 212 Å². The van der Waals surface area contributed by atoms with Gasteiger partial charge in [-0.2, -0.15) is 13.2 Å². The molecule has 0 aliphatic heterocycles. The van der Waals surface area contributed by atoms with E-state index in [0.717, 1.165) is 48.3 Å². The molecule has 190 valence electrons. The smallest absolute Gasteiger partial charge is 0.335 e. The molecule has 1 saturated carbocycles. The summed E-state index contributed by atoms with van der Waals surface area (Å²) in [6.07, 6.45) is 1.01. The van der Waals surface area contributed by atoms with Crippen molar-refractivity contribution in [2.24, 2.45) is 0 Å². The molecule has 3 aromatic rings. The van der Waals surface area contributed by atoms with Gasteiger partial charge in [0.25, 0.3) is 0 Å². The number of urea groups is 1. The first kappa shape index (κ1) is 26.1. The SMILES string of the molecule is CSc1ccc(C(Cc2ccccc2)(NC(=O)NC2CCCC2)c2cc(F)cc(C(F)(F)F)c2)cc1. The topological polar surface area (TPSA) is 41.1 Å². The van der Waals surface area contributed by atoms with Crippen molar-refractivity contribution in [2.75, 3.05) is 6.26 Å². The van der Waals surface area contributed by atoms with Crippen molar-refractivity contribution in [3.8, 4) is 0 Å². The van der Waals surface area contributed by atoms with Gasteiger partial charge in [-0.1, -0.05) is 55.3 Å². The third-order valence-corrected chi connectivity index (χ3v) is 7.37. The number of thioether (sulfide) groups is 1. The van der Waals surface area contributed by atoms with Gasteiger partial charge < -0.3 is 10.6 Å². The number of hydrogen-bond acceptors (Lipinski definition) is 2. The molecule has 0 saturated heterocycles. The van der Waals surface area contributed by atoms with E-state index >= 15 is 0 Å². The fraction of sp³-hybridized carbons (Fsp3) is 0.321. The average molecular weight is 517 g/mol. The van der Waals surface area contributed by atoms with Gasteiger partial charge in [0.1, 0.15) is 5.82 Å². The molecular formula is C28H28F4N2OS. The van der Waals surface area contributed by atoms with Gasteiger partial charge in [-0.05, 0) is 66.1 Å². The van der Waals surface area contributed by atoms with E-state index in [2.05, 4.69) is 10.6 Å². The first-order valence-corrected chi connectivity index (χ1v) is 13.1. The molecule has 2 amide bonds. The molecule has 3 aromatic carbocycles. The molecule has 0 aromatic heterocycles. The molecule has 0 spiro atoms. The summed E-state index contributed by atoms with van der Waals surface area (Å²) in [7, 11) is 0. The molecule has 3 nitrogen and oxygen atoms in total. The van der Waals surface area contributed by atoms with E-state index in [1.165, 1.54) is 11.8 Å². The van der Waals surface area contributed by atoms with E-state index in [1.54, 1.807) is 12.1 Å². The summed E-state index contributed by atoms with van der Waals surface area (Å²) < 4.78 is 55.9. The van der Waals surface area contributed by atoms with Crippen LogP contribution in [0.4, 0.5) is 22.4 Å². The number of alkyl halides is 3. The standard InChI is InChI=1S/C28H28F4N2OS/c1-36-25-13-11-20(12-14-25)27(18-19-7-3-2-4-8-19,34-26(35)33-24-9-5-6-10-24)21-15-22(28(30,31)32)17-23(29)16-21/h2-4,7-8,11-17,24H,5-6,9-10,18H2,1H3,(H2,33,34,35). The van der Waals surface area contributed by atoms with Gasteiger partial charge in [0.2, 0.25) is 0 Å². The maximum atomic E-state index is 14.7. The fourth-order valence-electron chi connectivity index (χ4n) is 4.82. The lowest BCUT2D eigenvalue weighted by molar-refractivity contribution is -0.137. The molecule has 1 aliphatic rings. The minimum absolute atomic E-state index is 0.00321. The highest BCUT2D eigenvalue weighted by Crippen LogP contribution is 2.39. The largest absolute Gasteiger partial charge is 0.416 e. The van der Waals surface area contributed by atoms with Crippen molar-refractivity contribution < 1.29 is 22.4 Å². The summed E-state index contributed by atoms with van der Waals surface area (Å²) >= 11 is 1.52. The molecule has 1 unspecified atom stereocenters. The monoisotopic (exact) mass is 516 g/mol. The number of carbonyl (C=O) groups excluding carboxylic acids is 1. The zero-order valence-corrected chi connectivity index (χ0v) is 20.7. The van der Waals surface area contributed by atoms with Gasteiger partial charge in [-0.15, -0.1) is 11.8 Å². The Balaban J connectivity index is 1.89. The highest BCUT2D eigenvalue weighted by atomic mass is 32.2. The van der Waals surface area contributed by atoms with Crippen LogP contribution in [0.5, 0.6) is 0 Å². The average Bonchev–Trinajstić information content (AvgIpc) is 3.36. The predicted molar refractivity (Wildman–Crippen MR) is 134 cm³/mol. The van der Waals surface area contributed by atoms with Crippen molar-refractivity contribution in [3.63, 3.8) is 0 Å². The molecule has 36 heavy (non-hydrogen) atoms. The number of benzene rings is 3. The molecular weight excluding hydrogens is 488 g/mol. The molecule has 0 radical (unpaired) electrons. The van der Waals surface area contributed by atoms with Crippen LogP contribution in [0.25, 0.3) is 0 Å². The van der Waals surface area contributed by atoms with E-state index in [1.807, 2.05) is 48.7 Å². The Morgan fingerprint density at radius 1 is 0.917 bits per heavy atom. The second kappa shape index (κ2) is 10.9. The van der Waals surface area contributed by atoms with E-state index in [-0.39, 0.29) is 18.0 Å². The quantitative estimate of drug-likeness (QED) is 0.256. The maximum Gasteiger partial charge on any atom is 0.416 e. The third kappa shape index (κ3) is 6.03. The summed E-state index contributed by atoms with van der Waals surface area (Å²) in [5, 5.41) is 5.96. The molecule has 0 heterocycles. The summed E-state index contributed by atoms with van der Waals surface area (Å²) in [6, 6.07) is 18.4. The lowest BCUT2D eigenvalue weighted by atomic mass is 9.77. The zero-order chi connectivity index (χ0) is 25.8. The Kier molecular flexibility index (Phi) is 7.93. The van der Waals surface area contributed by atoms with Crippen molar-refractivity contribution in [1.29, 1.82) is 0 Å². The van der Waals surface area contributed by atoms with Crippen LogP contribution in [0, 0.1) is 5.82 Å². The summed E-state index contributed by atoms with van der Waals surface area (Å²) in [5.41, 5.74) is -1.19. The summed E-state index contributed by atoms with van der Waals surface area (Å²) in [5.74, 6) is -1.02. The number of nitrogens with one attached hydrogen (secondary N) is 2. The van der Waals surface area contributed by atoms with Crippen LogP contribution in [0.3, 0.4) is 0 Å². The second-order valence-corrected chi connectivity index (χ2v) is 9.98. The summed E-state index contributed by atoms with van der Waals surface area (Å²) in [4.78, 5) is 14.3. The van der Waals surface area contributed by atoms with Crippen molar-refractivity contribution in [1.82, 2.24) is 10.6 Å². The molecule has 8 heteroatoms. The van der Waals surface area contributed by atoms with Crippen LogP contribution in [0.2, 0.25) is 0 Å². The molecule has 1 aliphatic carbocycles. The van der Waals surface area contributed by atoms with E-state index in [9.17, 15) is 22.4 Å². The zero-order valence-electron chi connectivity index (χ0n) is 19.9. The minimum Gasteiger partial charge on any atom is -0.335 e.